The summed E-state index contributed by atoms with van der Waals surface area (Å²) in [6.45, 7) is 5.96. The van der Waals surface area contributed by atoms with E-state index in [-0.39, 0.29) is 6.10 Å². The number of hydrogen-bond acceptors (Lipinski definition) is 4. The number of rotatable bonds is 8. The molecule has 1 aliphatic heterocycles. The summed E-state index contributed by atoms with van der Waals surface area (Å²) in [7, 11) is 1.71. The zero-order valence-corrected chi connectivity index (χ0v) is 12.5. The fraction of sp³-hybridized carbons (Fsp3) is 0.625. The minimum Gasteiger partial charge on any atom is -0.490 e. The molecule has 1 N–H and O–H groups in total. The molecule has 1 aromatic rings. The Morgan fingerprint density at radius 1 is 1.40 bits per heavy atom. The summed E-state index contributed by atoms with van der Waals surface area (Å²) in [5, 5.41) is 3.36. The molecule has 0 spiro atoms. The summed E-state index contributed by atoms with van der Waals surface area (Å²) >= 11 is 0. The van der Waals surface area contributed by atoms with Gasteiger partial charge in [0.1, 0.15) is 12.4 Å². The van der Waals surface area contributed by atoms with Gasteiger partial charge in [-0.1, -0.05) is 18.2 Å². The maximum atomic E-state index is 6.01. The molecule has 0 amide bonds. The van der Waals surface area contributed by atoms with Crippen LogP contribution in [0.15, 0.2) is 18.2 Å². The van der Waals surface area contributed by atoms with Crippen LogP contribution >= 0.6 is 0 Å². The summed E-state index contributed by atoms with van der Waals surface area (Å²) in [4.78, 5) is 0. The molecule has 1 fully saturated rings. The molecule has 0 saturated carbocycles. The van der Waals surface area contributed by atoms with E-state index in [1.54, 1.807) is 7.11 Å². The van der Waals surface area contributed by atoms with Crippen molar-refractivity contribution < 1.29 is 14.2 Å². The Balaban J connectivity index is 1.90. The molecule has 112 valence electrons. The van der Waals surface area contributed by atoms with Crippen molar-refractivity contribution in [3.63, 3.8) is 0 Å². The van der Waals surface area contributed by atoms with Crippen molar-refractivity contribution in [1.82, 2.24) is 5.32 Å². The number of ether oxygens (including phenoxy) is 3. The number of aryl methyl sites for hydroxylation is 1. The zero-order valence-electron chi connectivity index (χ0n) is 12.5. The van der Waals surface area contributed by atoms with Crippen molar-refractivity contribution >= 4 is 0 Å². The van der Waals surface area contributed by atoms with E-state index in [9.17, 15) is 0 Å². The molecule has 1 saturated heterocycles. The van der Waals surface area contributed by atoms with Gasteiger partial charge in [-0.25, -0.2) is 0 Å². The second kappa shape index (κ2) is 8.25. The first kappa shape index (κ1) is 15.3. The Kier molecular flexibility index (Phi) is 6.30. The highest BCUT2D eigenvalue weighted by Gasteiger charge is 2.17. The number of nitrogens with one attached hydrogen (secondary N) is 1. The summed E-state index contributed by atoms with van der Waals surface area (Å²) in [6.07, 6.45) is 2.50. The first-order chi connectivity index (χ1) is 9.81. The maximum absolute atomic E-state index is 6.01. The van der Waals surface area contributed by atoms with Crippen LogP contribution in [0.4, 0.5) is 0 Å². The Hall–Kier alpha value is -1.10. The average molecular weight is 279 g/mol. The van der Waals surface area contributed by atoms with E-state index < -0.39 is 0 Å². The molecule has 0 aliphatic carbocycles. The molecule has 4 heteroatoms. The lowest BCUT2D eigenvalue weighted by Crippen LogP contribution is -2.21. The third kappa shape index (κ3) is 4.47. The molecule has 1 atom stereocenters. The largest absolute Gasteiger partial charge is 0.490 e. The van der Waals surface area contributed by atoms with E-state index in [1.807, 2.05) is 0 Å². The van der Waals surface area contributed by atoms with E-state index in [2.05, 4.69) is 30.4 Å². The Morgan fingerprint density at radius 2 is 2.30 bits per heavy atom. The highest BCUT2D eigenvalue weighted by atomic mass is 16.5. The summed E-state index contributed by atoms with van der Waals surface area (Å²) < 4.78 is 16.7. The van der Waals surface area contributed by atoms with Gasteiger partial charge in [-0.3, -0.25) is 0 Å². The van der Waals surface area contributed by atoms with E-state index in [4.69, 9.17) is 14.2 Å². The summed E-state index contributed by atoms with van der Waals surface area (Å²) in [6, 6.07) is 6.27. The molecule has 1 heterocycles. The van der Waals surface area contributed by atoms with Crippen molar-refractivity contribution in [2.24, 2.45) is 0 Å². The van der Waals surface area contributed by atoms with Crippen LogP contribution in [0.1, 0.15) is 24.0 Å². The number of methoxy groups -OCH3 is 1. The van der Waals surface area contributed by atoms with Gasteiger partial charge in [-0.15, -0.1) is 0 Å². The van der Waals surface area contributed by atoms with Crippen molar-refractivity contribution in [3.8, 4) is 5.75 Å². The third-order valence-electron chi connectivity index (χ3n) is 3.53. The van der Waals surface area contributed by atoms with Crippen molar-refractivity contribution in [2.45, 2.75) is 32.4 Å². The van der Waals surface area contributed by atoms with Crippen LogP contribution in [0.2, 0.25) is 0 Å². The number of benzene rings is 1. The lowest BCUT2D eigenvalue weighted by atomic mass is 10.1. The normalized spacial score (nSPS) is 18.4. The molecule has 4 nitrogen and oxygen atoms in total. The van der Waals surface area contributed by atoms with Gasteiger partial charge in [0.15, 0.2) is 0 Å². The minimum atomic E-state index is 0.254. The molecular formula is C16H25NO3. The average Bonchev–Trinajstić information content (AvgIpc) is 2.96. The predicted molar refractivity (Wildman–Crippen MR) is 79.2 cm³/mol. The molecule has 1 aromatic carbocycles. The van der Waals surface area contributed by atoms with E-state index in [0.29, 0.717) is 6.61 Å². The molecule has 2 rings (SSSR count). The van der Waals surface area contributed by atoms with Crippen LogP contribution in [0, 0.1) is 6.92 Å². The first-order valence-electron chi connectivity index (χ1n) is 7.34. The summed E-state index contributed by atoms with van der Waals surface area (Å²) in [5.41, 5.74) is 2.37. The Morgan fingerprint density at radius 3 is 3.05 bits per heavy atom. The molecule has 0 aromatic heterocycles. The van der Waals surface area contributed by atoms with Crippen LogP contribution in [-0.2, 0) is 16.0 Å². The highest BCUT2D eigenvalue weighted by Crippen LogP contribution is 2.24. The van der Waals surface area contributed by atoms with Gasteiger partial charge in [0.2, 0.25) is 0 Å². The van der Waals surface area contributed by atoms with Crippen molar-refractivity contribution in [1.29, 1.82) is 0 Å². The molecule has 1 aliphatic rings. The Bertz CT molecular complexity index is 403. The monoisotopic (exact) mass is 279 g/mol. The fourth-order valence-corrected chi connectivity index (χ4v) is 2.41. The fourth-order valence-electron chi connectivity index (χ4n) is 2.41. The van der Waals surface area contributed by atoms with Gasteiger partial charge >= 0.3 is 0 Å². The molecule has 0 bridgehead atoms. The van der Waals surface area contributed by atoms with Crippen LogP contribution < -0.4 is 10.1 Å². The molecule has 0 radical (unpaired) electrons. The van der Waals surface area contributed by atoms with Crippen LogP contribution in [0.3, 0.4) is 0 Å². The second-order valence-electron chi connectivity index (χ2n) is 5.18. The van der Waals surface area contributed by atoms with E-state index in [1.165, 1.54) is 11.1 Å². The van der Waals surface area contributed by atoms with Gasteiger partial charge in [-0.05, 0) is 25.3 Å². The molecule has 20 heavy (non-hydrogen) atoms. The van der Waals surface area contributed by atoms with Crippen LogP contribution in [-0.4, -0.2) is 39.6 Å². The van der Waals surface area contributed by atoms with Gasteiger partial charge < -0.3 is 19.5 Å². The zero-order chi connectivity index (χ0) is 14.2. The van der Waals surface area contributed by atoms with Gasteiger partial charge in [0.05, 0.1) is 12.7 Å². The maximum Gasteiger partial charge on any atom is 0.126 e. The number of para-hydroxylation sites is 1. The van der Waals surface area contributed by atoms with Gasteiger partial charge in [0, 0.05) is 32.4 Å². The lowest BCUT2D eigenvalue weighted by Gasteiger charge is -2.17. The Labute approximate surface area is 121 Å². The third-order valence-corrected chi connectivity index (χ3v) is 3.53. The van der Waals surface area contributed by atoms with Crippen molar-refractivity contribution in [2.75, 3.05) is 33.5 Å². The van der Waals surface area contributed by atoms with Crippen molar-refractivity contribution in [3.05, 3.63) is 29.3 Å². The quantitative estimate of drug-likeness (QED) is 0.741. The van der Waals surface area contributed by atoms with Gasteiger partial charge in [-0.2, -0.15) is 0 Å². The number of hydrogen-bond donors (Lipinski definition) is 1. The lowest BCUT2D eigenvalue weighted by molar-refractivity contribution is 0.0673. The van der Waals surface area contributed by atoms with Crippen LogP contribution in [0.25, 0.3) is 0 Å². The van der Waals surface area contributed by atoms with E-state index >= 15 is 0 Å². The topological polar surface area (TPSA) is 39.7 Å². The van der Waals surface area contributed by atoms with E-state index in [0.717, 1.165) is 44.9 Å². The molecule has 1 unspecified atom stereocenters. The predicted octanol–water partition coefficient (Wildman–Crippen LogP) is 2.29. The first-order valence-corrected chi connectivity index (χ1v) is 7.34. The highest BCUT2D eigenvalue weighted by molar-refractivity contribution is 5.40. The second-order valence-corrected chi connectivity index (χ2v) is 5.18. The minimum absolute atomic E-state index is 0.254. The standard InChI is InChI=1S/C16H25NO3/c1-13-5-3-6-14(11-17-8-10-18-2)16(13)20-12-15-7-4-9-19-15/h3,5-6,15,17H,4,7-12H2,1-2H3. The molecular weight excluding hydrogens is 254 g/mol. The van der Waals surface area contributed by atoms with Crippen LogP contribution in [0.5, 0.6) is 5.75 Å². The smallest absolute Gasteiger partial charge is 0.126 e. The van der Waals surface area contributed by atoms with Gasteiger partial charge in [0.25, 0.3) is 0 Å². The summed E-state index contributed by atoms with van der Waals surface area (Å²) in [5.74, 6) is 0.993. The SMILES string of the molecule is COCCNCc1cccc(C)c1OCC1CCCO1.